The quantitative estimate of drug-likeness (QED) is 0.372. The Morgan fingerprint density at radius 2 is 2.12 bits per heavy atom. The lowest BCUT2D eigenvalue weighted by Gasteiger charge is -1.92. The van der Waals surface area contributed by atoms with Crippen LogP contribution in [0, 0.1) is 10.1 Å². The van der Waals surface area contributed by atoms with Gasteiger partial charge >= 0.3 is 0 Å². The topological polar surface area (TPSA) is 106 Å². The molecule has 0 bridgehead atoms. The van der Waals surface area contributed by atoms with Crippen molar-refractivity contribution in [3.63, 3.8) is 0 Å². The van der Waals surface area contributed by atoms with Crippen LogP contribution in [-0.2, 0) is 0 Å². The smallest absolute Gasteiger partial charge is 0.275 e. The average Bonchev–Trinajstić information content (AvgIpc) is 2.20. The maximum Gasteiger partial charge on any atom is 0.275 e. The van der Waals surface area contributed by atoms with Gasteiger partial charge in [-0.1, -0.05) is 33.5 Å². The van der Waals surface area contributed by atoms with Crippen molar-refractivity contribution in [2.24, 2.45) is 15.9 Å². The minimum absolute atomic E-state index is 0.377. The van der Waals surface area contributed by atoms with Crippen molar-refractivity contribution in [3.8, 4) is 0 Å². The highest BCUT2D eigenvalue weighted by Crippen LogP contribution is 2.08. The van der Waals surface area contributed by atoms with E-state index in [0.29, 0.717) is 0 Å². The van der Waals surface area contributed by atoms with Gasteiger partial charge in [-0.25, -0.2) is 10.1 Å². The molecule has 0 fully saturated rings. The molecule has 0 saturated heterocycles. The van der Waals surface area contributed by atoms with Crippen LogP contribution in [0.4, 0.5) is 0 Å². The molecule has 0 amide bonds. The molecule has 1 aromatic carbocycles. The monoisotopic (exact) mass is 285 g/mol. The predicted molar refractivity (Wildman–Crippen MR) is 63.5 cm³/mol. The number of hydrogen-bond acceptors (Lipinski definition) is 4. The van der Waals surface area contributed by atoms with Crippen LogP contribution in [0.25, 0.3) is 0 Å². The molecule has 0 radical (unpaired) electrons. The molecule has 1 aromatic rings. The standard InChI is InChI=1S/C8H8BrN5O2/c9-7-3-1-6(2-4-7)5-11-12-8(10)13-14(15)16/h1-5H,(H3,10,12,13)/b11-5-. The Balaban J connectivity index is 2.60. The maximum absolute atomic E-state index is 9.96. The summed E-state index contributed by atoms with van der Waals surface area (Å²) in [6, 6.07) is 7.29. The van der Waals surface area contributed by atoms with E-state index < -0.39 is 5.03 Å². The van der Waals surface area contributed by atoms with E-state index in [0.717, 1.165) is 10.0 Å². The molecule has 8 heteroatoms. The summed E-state index contributed by atoms with van der Waals surface area (Å²) in [7, 11) is 0. The van der Waals surface area contributed by atoms with Crippen molar-refractivity contribution >= 4 is 28.1 Å². The Bertz CT molecular complexity index is 429. The summed E-state index contributed by atoms with van der Waals surface area (Å²) in [5.41, 5.74) is 7.61. The van der Waals surface area contributed by atoms with Gasteiger partial charge in [0, 0.05) is 4.47 Å². The van der Waals surface area contributed by atoms with Gasteiger partial charge in [-0.3, -0.25) is 0 Å². The van der Waals surface area contributed by atoms with E-state index in [1.165, 1.54) is 6.21 Å². The molecule has 0 atom stereocenters. The third-order valence-corrected chi connectivity index (χ3v) is 1.98. The molecule has 0 saturated carbocycles. The van der Waals surface area contributed by atoms with Crippen molar-refractivity contribution in [3.05, 3.63) is 44.4 Å². The number of nitro groups is 1. The Morgan fingerprint density at radius 1 is 1.50 bits per heavy atom. The molecule has 0 unspecified atom stereocenters. The van der Waals surface area contributed by atoms with E-state index >= 15 is 0 Å². The molecule has 84 valence electrons. The highest BCUT2D eigenvalue weighted by atomic mass is 79.9. The number of guanidine groups is 1. The summed E-state index contributed by atoms with van der Waals surface area (Å²) in [5.74, 6) is -0.377. The van der Waals surface area contributed by atoms with Gasteiger partial charge in [-0.15, -0.1) is 5.10 Å². The van der Waals surface area contributed by atoms with Crippen LogP contribution in [0.1, 0.15) is 5.56 Å². The summed E-state index contributed by atoms with van der Waals surface area (Å²) < 4.78 is 0.947. The second-order valence-corrected chi connectivity index (χ2v) is 3.57. The van der Waals surface area contributed by atoms with Crippen LogP contribution < -0.4 is 11.2 Å². The van der Waals surface area contributed by atoms with Gasteiger partial charge < -0.3 is 5.73 Å². The van der Waals surface area contributed by atoms with Crippen LogP contribution in [0.2, 0.25) is 0 Å². The van der Waals surface area contributed by atoms with Gasteiger partial charge in [0.25, 0.3) is 5.96 Å². The van der Waals surface area contributed by atoms with E-state index in [-0.39, 0.29) is 5.96 Å². The van der Waals surface area contributed by atoms with Gasteiger partial charge in [-0.2, -0.15) is 5.10 Å². The molecule has 3 N–H and O–H groups in total. The molecule has 0 aliphatic heterocycles. The van der Waals surface area contributed by atoms with Crippen molar-refractivity contribution < 1.29 is 5.03 Å². The third-order valence-electron chi connectivity index (χ3n) is 1.45. The number of nitrogens with zero attached hydrogens (tertiary/aromatic N) is 3. The van der Waals surface area contributed by atoms with Crippen LogP contribution in [-0.4, -0.2) is 17.2 Å². The molecule has 1 rings (SSSR count). The molecule has 0 aliphatic carbocycles. The van der Waals surface area contributed by atoms with Crippen LogP contribution >= 0.6 is 15.9 Å². The Labute approximate surface area is 99.3 Å². The van der Waals surface area contributed by atoms with Gasteiger partial charge in [0.1, 0.15) is 0 Å². The molecular weight excluding hydrogens is 278 g/mol. The Kier molecular flexibility index (Phi) is 4.40. The SMILES string of the molecule is NC(=N/N=C\c1ccc(Br)cc1)N[N+](=O)[O-]. The normalized spacial score (nSPS) is 11.7. The van der Waals surface area contributed by atoms with E-state index in [1.54, 1.807) is 17.6 Å². The van der Waals surface area contributed by atoms with E-state index in [9.17, 15) is 10.1 Å². The second kappa shape index (κ2) is 5.81. The summed E-state index contributed by atoms with van der Waals surface area (Å²) in [6.07, 6.45) is 1.43. The third kappa shape index (κ3) is 4.51. The van der Waals surface area contributed by atoms with Crippen LogP contribution in [0.5, 0.6) is 0 Å². The summed E-state index contributed by atoms with van der Waals surface area (Å²) >= 11 is 3.29. The molecular formula is C8H8BrN5O2. The number of hydrazine groups is 1. The van der Waals surface area contributed by atoms with E-state index in [2.05, 4.69) is 26.1 Å². The predicted octanol–water partition coefficient (Wildman–Crippen LogP) is 0.879. The van der Waals surface area contributed by atoms with Gasteiger partial charge in [-0.05, 0) is 17.7 Å². The number of nitrogens with one attached hydrogen (secondary N) is 1. The summed E-state index contributed by atoms with van der Waals surface area (Å²) in [4.78, 5) is 9.96. The van der Waals surface area contributed by atoms with E-state index in [1.807, 2.05) is 12.1 Å². The summed E-state index contributed by atoms with van der Waals surface area (Å²) in [5, 5.41) is 16.1. The first-order chi connectivity index (χ1) is 7.58. The lowest BCUT2D eigenvalue weighted by atomic mass is 10.2. The van der Waals surface area contributed by atoms with Gasteiger partial charge in [0.2, 0.25) is 0 Å². The largest absolute Gasteiger partial charge is 0.364 e. The first-order valence-electron chi connectivity index (χ1n) is 4.11. The zero-order valence-corrected chi connectivity index (χ0v) is 9.59. The number of nitrogens with two attached hydrogens (primary N) is 1. The zero-order valence-electron chi connectivity index (χ0n) is 8.00. The maximum atomic E-state index is 9.96. The fraction of sp³-hybridized carbons (Fsp3) is 0. The Morgan fingerprint density at radius 3 is 2.69 bits per heavy atom. The van der Waals surface area contributed by atoms with Crippen molar-refractivity contribution in [1.82, 2.24) is 5.43 Å². The number of rotatable bonds is 3. The fourth-order valence-corrected chi connectivity index (χ4v) is 1.09. The van der Waals surface area contributed by atoms with Crippen molar-refractivity contribution in [1.29, 1.82) is 0 Å². The minimum Gasteiger partial charge on any atom is -0.364 e. The van der Waals surface area contributed by atoms with E-state index in [4.69, 9.17) is 5.73 Å². The van der Waals surface area contributed by atoms with Gasteiger partial charge in [0.05, 0.1) is 6.21 Å². The van der Waals surface area contributed by atoms with Gasteiger partial charge in [0.15, 0.2) is 5.03 Å². The fourth-order valence-electron chi connectivity index (χ4n) is 0.822. The zero-order chi connectivity index (χ0) is 12.0. The number of halogens is 1. The highest BCUT2D eigenvalue weighted by molar-refractivity contribution is 9.10. The number of benzene rings is 1. The lowest BCUT2D eigenvalue weighted by molar-refractivity contribution is -0.525. The highest BCUT2D eigenvalue weighted by Gasteiger charge is 1.96. The lowest BCUT2D eigenvalue weighted by Crippen LogP contribution is -2.35. The molecule has 0 spiro atoms. The number of hydrogen-bond donors (Lipinski definition) is 2. The molecule has 0 heterocycles. The molecule has 0 aromatic heterocycles. The molecule has 0 aliphatic rings. The Hall–Kier alpha value is -1.96. The first kappa shape index (κ1) is 12.1. The molecule has 16 heavy (non-hydrogen) atoms. The summed E-state index contributed by atoms with van der Waals surface area (Å²) in [6.45, 7) is 0. The van der Waals surface area contributed by atoms with Crippen LogP contribution in [0.15, 0.2) is 38.9 Å². The minimum atomic E-state index is -0.812. The first-order valence-corrected chi connectivity index (χ1v) is 4.90. The average molecular weight is 286 g/mol. The van der Waals surface area contributed by atoms with Crippen molar-refractivity contribution in [2.75, 3.05) is 0 Å². The van der Waals surface area contributed by atoms with Crippen molar-refractivity contribution in [2.45, 2.75) is 0 Å². The molecule has 7 nitrogen and oxygen atoms in total. The van der Waals surface area contributed by atoms with Crippen LogP contribution in [0.3, 0.4) is 0 Å². The second-order valence-electron chi connectivity index (χ2n) is 2.65.